The van der Waals surface area contributed by atoms with E-state index in [0.29, 0.717) is 17.1 Å². The maximum atomic E-state index is 11.5. The SMILES string of the molecule is C/C=C\C/C=C\C.CC.COC(=O)c1cnc(-c2nn(C)cc2Sc2ccc(C)cc2)nc1. The Balaban J connectivity index is 0.000000520. The number of hydrogen-bond acceptors (Lipinski definition) is 6. The third-order valence-electron chi connectivity index (χ3n) is 4.07. The van der Waals surface area contributed by atoms with Gasteiger partial charge in [0.25, 0.3) is 0 Å². The number of hydrogen-bond donors (Lipinski definition) is 0. The minimum atomic E-state index is -0.461. The normalized spacial score (nSPS) is 10.4. The molecule has 0 fully saturated rings. The Morgan fingerprint density at radius 3 is 2.15 bits per heavy atom. The summed E-state index contributed by atoms with van der Waals surface area (Å²) in [5.74, 6) is 0.00897. The highest BCUT2D eigenvalue weighted by molar-refractivity contribution is 7.99. The van der Waals surface area contributed by atoms with Crippen LogP contribution in [0.1, 0.15) is 50.0 Å². The van der Waals surface area contributed by atoms with Crippen LogP contribution < -0.4 is 0 Å². The minimum absolute atomic E-state index is 0.310. The summed E-state index contributed by atoms with van der Waals surface area (Å²) in [7, 11) is 3.18. The number of carbonyl (C=O) groups excluding carboxylic acids is 1. The van der Waals surface area contributed by atoms with Gasteiger partial charge in [-0.15, -0.1) is 0 Å². The third kappa shape index (κ3) is 9.45. The number of allylic oxidation sites excluding steroid dienone is 4. The average molecular weight is 467 g/mol. The zero-order valence-corrected chi connectivity index (χ0v) is 21.4. The Bertz CT molecular complexity index is 1010. The van der Waals surface area contributed by atoms with Gasteiger partial charge in [0.15, 0.2) is 5.82 Å². The Labute approximate surface area is 201 Å². The van der Waals surface area contributed by atoms with Crippen LogP contribution in [0.2, 0.25) is 0 Å². The molecule has 2 heterocycles. The maximum Gasteiger partial charge on any atom is 0.341 e. The molecule has 0 radical (unpaired) electrons. The molecule has 3 aromatic rings. The molecule has 0 spiro atoms. The number of rotatable bonds is 6. The lowest BCUT2D eigenvalue weighted by Crippen LogP contribution is -2.03. The van der Waals surface area contributed by atoms with Gasteiger partial charge in [-0.1, -0.05) is 67.6 Å². The van der Waals surface area contributed by atoms with E-state index >= 15 is 0 Å². The Kier molecular flexibility index (Phi) is 13.2. The standard InChI is InChI=1S/C17H16N4O2S.C7H12.C2H6/c1-11-4-6-13(7-5-11)24-14-10-21(2)20-15(14)16-18-8-12(9-19-16)17(22)23-3;1-3-5-7-6-4-2;1-2/h4-10H,1-3H3;3-6H,7H2,1-2H3;1-2H3/b;5-3-,6-4-;. The average Bonchev–Trinajstić information content (AvgIpc) is 3.22. The molecule has 7 heteroatoms. The fourth-order valence-electron chi connectivity index (χ4n) is 2.45. The molecule has 0 amide bonds. The largest absolute Gasteiger partial charge is 0.465 e. The van der Waals surface area contributed by atoms with Crippen LogP contribution in [0, 0.1) is 6.92 Å². The summed E-state index contributed by atoms with van der Waals surface area (Å²) in [4.78, 5) is 22.0. The molecule has 33 heavy (non-hydrogen) atoms. The van der Waals surface area contributed by atoms with E-state index < -0.39 is 5.97 Å². The molecular weight excluding hydrogens is 432 g/mol. The van der Waals surface area contributed by atoms with Gasteiger partial charge < -0.3 is 4.74 Å². The number of esters is 1. The van der Waals surface area contributed by atoms with E-state index in [4.69, 9.17) is 0 Å². The van der Waals surface area contributed by atoms with Gasteiger partial charge in [-0.05, 0) is 39.3 Å². The summed E-state index contributed by atoms with van der Waals surface area (Å²) >= 11 is 1.60. The van der Waals surface area contributed by atoms with Gasteiger partial charge in [0.05, 0.1) is 17.6 Å². The van der Waals surface area contributed by atoms with E-state index in [1.54, 1.807) is 16.4 Å². The number of ether oxygens (including phenoxy) is 1. The van der Waals surface area contributed by atoms with Crippen molar-refractivity contribution >= 4 is 17.7 Å². The second-order valence-corrected chi connectivity index (χ2v) is 7.71. The van der Waals surface area contributed by atoms with E-state index in [1.807, 2.05) is 40.9 Å². The van der Waals surface area contributed by atoms with Crippen molar-refractivity contribution in [3.05, 3.63) is 78.3 Å². The van der Waals surface area contributed by atoms with Gasteiger partial charge in [0, 0.05) is 30.5 Å². The van der Waals surface area contributed by atoms with Gasteiger partial charge >= 0.3 is 5.97 Å². The van der Waals surface area contributed by atoms with Gasteiger partial charge in [0.1, 0.15) is 5.69 Å². The van der Waals surface area contributed by atoms with E-state index in [2.05, 4.69) is 75.3 Å². The minimum Gasteiger partial charge on any atom is -0.465 e. The summed E-state index contributed by atoms with van der Waals surface area (Å²) < 4.78 is 6.38. The predicted molar refractivity (Wildman–Crippen MR) is 136 cm³/mol. The Morgan fingerprint density at radius 2 is 1.64 bits per heavy atom. The highest BCUT2D eigenvalue weighted by Gasteiger charge is 2.15. The monoisotopic (exact) mass is 466 g/mol. The summed E-state index contributed by atoms with van der Waals surface area (Å²) in [5, 5.41) is 4.44. The van der Waals surface area contributed by atoms with Crippen molar-refractivity contribution in [2.75, 3.05) is 7.11 Å². The molecule has 0 saturated heterocycles. The molecule has 176 valence electrons. The molecule has 0 N–H and O–H groups in total. The smallest absolute Gasteiger partial charge is 0.341 e. The van der Waals surface area contributed by atoms with E-state index in [1.165, 1.54) is 25.1 Å². The first-order valence-corrected chi connectivity index (χ1v) is 11.7. The third-order valence-corrected chi connectivity index (χ3v) is 5.10. The first-order valence-electron chi connectivity index (χ1n) is 10.9. The van der Waals surface area contributed by atoms with Crippen molar-refractivity contribution in [3.63, 3.8) is 0 Å². The van der Waals surface area contributed by atoms with Gasteiger partial charge in [-0.2, -0.15) is 5.10 Å². The van der Waals surface area contributed by atoms with Gasteiger partial charge in [-0.3, -0.25) is 4.68 Å². The highest BCUT2D eigenvalue weighted by Crippen LogP contribution is 2.33. The second kappa shape index (κ2) is 15.6. The van der Waals surface area contributed by atoms with Crippen LogP contribution in [0.25, 0.3) is 11.5 Å². The Morgan fingerprint density at radius 1 is 1.06 bits per heavy atom. The van der Waals surface area contributed by atoms with Crippen LogP contribution in [0.15, 0.2) is 77.0 Å². The molecule has 2 aromatic heterocycles. The lowest BCUT2D eigenvalue weighted by molar-refractivity contribution is 0.0600. The number of carbonyl (C=O) groups is 1. The fraction of sp³-hybridized carbons (Fsp3) is 0.308. The fourth-order valence-corrected chi connectivity index (χ4v) is 3.41. The molecule has 3 rings (SSSR count). The van der Waals surface area contributed by atoms with Crippen LogP contribution in [0.4, 0.5) is 0 Å². The zero-order chi connectivity index (χ0) is 24.6. The molecule has 0 aliphatic heterocycles. The van der Waals surface area contributed by atoms with E-state index in [-0.39, 0.29) is 0 Å². The molecule has 1 aromatic carbocycles. The van der Waals surface area contributed by atoms with Crippen LogP contribution in [-0.2, 0) is 11.8 Å². The number of benzene rings is 1. The first kappa shape index (κ1) is 27.8. The lowest BCUT2D eigenvalue weighted by Gasteiger charge is -2.03. The molecule has 0 aliphatic rings. The lowest BCUT2D eigenvalue weighted by atomic mass is 10.2. The van der Waals surface area contributed by atoms with Crippen molar-refractivity contribution in [2.45, 2.75) is 50.8 Å². The summed E-state index contributed by atoms with van der Waals surface area (Å²) in [6.07, 6.45) is 14.3. The van der Waals surface area contributed by atoms with Crippen molar-refractivity contribution in [1.29, 1.82) is 0 Å². The van der Waals surface area contributed by atoms with Crippen molar-refractivity contribution in [2.24, 2.45) is 7.05 Å². The summed E-state index contributed by atoms with van der Waals surface area (Å²) in [5.41, 5.74) is 2.21. The number of nitrogens with zero attached hydrogens (tertiary/aromatic N) is 4. The topological polar surface area (TPSA) is 69.9 Å². The molecule has 0 saturated carbocycles. The van der Waals surface area contributed by atoms with Gasteiger partial charge in [-0.25, -0.2) is 14.8 Å². The van der Waals surface area contributed by atoms with Crippen LogP contribution in [0.5, 0.6) is 0 Å². The molecular formula is C26H34N4O2S. The van der Waals surface area contributed by atoms with E-state index in [9.17, 15) is 4.79 Å². The first-order chi connectivity index (χ1) is 16.0. The highest BCUT2D eigenvalue weighted by atomic mass is 32.2. The van der Waals surface area contributed by atoms with Crippen LogP contribution in [0.3, 0.4) is 0 Å². The predicted octanol–water partition coefficient (Wildman–Crippen LogP) is 6.68. The zero-order valence-electron chi connectivity index (χ0n) is 20.6. The number of methoxy groups -OCH3 is 1. The molecule has 0 atom stereocenters. The molecule has 6 nitrogen and oxygen atoms in total. The van der Waals surface area contributed by atoms with E-state index in [0.717, 1.165) is 16.2 Å². The van der Waals surface area contributed by atoms with Crippen LogP contribution in [-0.4, -0.2) is 32.8 Å². The molecule has 0 unspecified atom stereocenters. The van der Waals surface area contributed by atoms with Gasteiger partial charge in [0.2, 0.25) is 0 Å². The summed E-state index contributed by atoms with van der Waals surface area (Å²) in [6.45, 7) is 10.1. The quantitative estimate of drug-likeness (QED) is 0.298. The summed E-state index contributed by atoms with van der Waals surface area (Å²) in [6, 6.07) is 8.27. The second-order valence-electron chi connectivity index (χ2n) is 6.59. The van der Waals surface area contributed by atoms with Crippen LogP contribution >= 0.6 is 11.8 Å². The number of aryl methyl sites for hydroxylation is 2. The Hall–Kier alpha value is -3.19. The number of aromatic nitrogens is 4. The van der Waals surface area contributed by atoms with Crippen molar-refractivity contribution in [1.82, 2.24) is 19.7 Å². The molecule has 0 bridgehead atoms. The molecule has 0 aliphatic carbocycles. The van der Waals surface area contributed by atoms with Crippen molar-refractivity contribution < 1.29 is 9.53 Å². The van der Waals surface area contributed by atoms with Crippen molar-refractivity contribution in [3.8, 4) is 11.5 Å². The maximum absolute atomic E-state index is 11.5.